The highest BCUT2D eigenvalue weighted by Gasteiger charge is 2.43. The van der Waals surface area contributed by atoms with Gasteiger partial charge in [-0.2, -0.15) is 0 Å². The first-order chi connectivity index (χ1) is 9.83. The highest BCUT2D eigenvalue weighted by molar-refractivity contribution is 7.07. The molecule has 2 aliphatic rings. The standard InChI is InChI=1S/C15H24N2O2S/c1-2-5-16-14(13-9-20-11-17-13)12-3-6-19-15(8-12)4-7-18-10-15/h9,11-12,14,16H,2-8,10H2,1H3. The van der Waals surface area contributed by atoms with Gasteiger partial charge in [0.1, 0.15) is 0 Å². The summed E-state index contributed by atoms with van der Waals surface area (Å²) in [4.78, 5) is 4.54. The molecule has 3 rings (SSSR count). The van der Waals surface area contributed by atoms with Gasteiger partial charge >= 0.3 is 0 Å². The minimum Gasteiger partial charge on any atom is -0.378 e. The Bertz CT molecular complexity index is 404. The Kier molecular flexibility index (Phi) is 4.71. The Balaban J connectivity index is 1.72. The average molecular weight is 296 g/mol. The Morgan fingerprint density at radius 2 is 2.50 bits per heavy atom. The monoisotopic (exact) mass is 296 g/mol. The predicted octanol–water partition coefficient (Wildman–Crippen LogP) is 2.77. The minimum atomic E-state index is -0.0227. The van der Waals surface area contributed by atoms with E-state index < -0.39 is 0 Å². The van der Waals surface area contributed by atoms with Gasteiger partial charge in [0.2, 0.25) is 0 Å². The predicted molar refractivity (Wildman–Crippen MR) is 80.0 cm³/mol. The van der Waals surface area contributed by atoms with E-state index in [9.17, 15) is 0 Å². The number of nitrogens with zero attached hydrogens (tertiary/aromatic N) is 1. The Morgan fingerprint density at radius 1 is 1.55 bits per heavy atom. The average Bonchev–Trinajstić information content (AvgIpc) is 3.12. The second-order valence-corrected chi connectivity index (χ2v) is 6.65. The van der Waals surface area contributed by atoms with Crippen molar-refractivity contribution in [3.63, 3.8) is 0 Å². The quantitative estimate of drug-likeness (QED) is 0.907. The molecule has 4 nitrogen and oxygen atoms in total. The number of rotatable bonds is 5. The third-order valence-corrected chi connectivity index (χ3v) is 5.06. The summed E-state index contributed by atoms with van der Waals surface area (Å²) >= 11 is 1.68. The lowest BCUT2D eigenvalue weighted by Crippen LogP contribution is -2.44. The van der Waals surface area contributed by atoms with Gasteiger partial charge in [-0.15, -0.1) is 11.3 Å². The van der Waals surface area contributed by atoms with Crippen LogP contribution in [0.2, 0.25) is 0 Å². The number of nitrogens with one attached hydrogen (secondary N) is 1. The van der Waals surface area contributed by atoms with Crippen LogP contribution < -0.4 is 5.32 Å². The lowest BCUT2D eigenvalue weighted by molar-refractivity contribution is -0.103. The van der Waals surface area contributed by atoms with Crippen LogP contribution in [0.1, 0.15) is 44.3 Å². The molecule has 0 saturated carbocycles. The molecule has 1 spiro atoms. The summed E-state index contributed by atoms with van der Waals surface area (Å²) in [5.74, 6) is 0.596. The van der Waals surface area contributed by atoms with Crippen molar-refractivity contribution in [2.45, 2.75) is 44.2 Å². The van der Waals surface area contributed by atoms with Crippen molar-refractivity contribution in [3.05, 3.63) is 16.6 Å². The molecule has 0 radical (unpaired) electrons. The summed E-state index contributed by atoms with van der Waals surface area (Å²) in [5.41, 5.74) is 3.11. The van der Waals surface area contributed by atoms with Gasteiger partial charge in [0.25, 0.3) is 0 Å². The zero-order chi connectivity index (χ0) is 13.8. The van der Waals surface area contributed by atoms with Crippen molar-refractivity contribution in [1.29, 1.82) is 0 Å². The second kappa shape index (κ2) is 6.52. The molecule has 112 valence electrons. The van der Waals surface area contributed by atoms with Crippen LogP contribution in [-0.2, 0) is 9.47 Å². The summed E-state index contributed by atoms with van der Waals surface area (Å²) in [6.45, 7) is 5.71. The Hall–Kier alpha value is -0.490. The molecule has 0 amide bonds. The molecule has 0 aliphatic carbocycles. The van der Waals surface area contributed by atoms with Crippen molar-refractivity contribution in [2.75, 3.05) is 26.4 Å². The summed E-state index contributed by atoms with van der Waals surface area (Å²) < 4.78 is 11.6. The van der Waals surface area contributed by atoms with E-state index in [1.165, 1.54) is 5.69 Å². The van der Waals surface area contributed by atoms with Crippen molar-refractivity contribution in [2.24, 2.45) is 5.92 Å². The van der Waals surface area contributed by atoms with E-state index in [1.54, 1.807) is 11.3 Å². The van der Waals surface area contributed by atoms with E-state index in [0.717, 1.165) is 52.0 Å². The highest BCUT2D eigenvalue weighted by Crippen LogP contribution is 2.40. The number of aromatic nitrogens is 1. The van der Waals surface area contributed by atoms with Crippen LogP contribution in [0, 0.1) is 5.92 Å². The van der Waals surface area contributed by atoms with Crippen LogP contribution in [0.15, 0.2) is 10.9 Å². The van der Waals surface area contributed by atoms with Crippen LogP contribution in [0.25, 0.3) is 0 Å². The number of thiazole rings is 1. The van der Waals surface area contributed by atoms with Gasteiger partial charge in [-0.25, -0.2) is 4.98 Å². The van der Waals surface area contributed by atoms with Gasteiger partial charge in [-0.3, -0.25) is 0 Å². The maximum Gasteiger partial charge on any atom is 0.0940 e. The molecule has 1 aromatic heterocycles. The zero-order valence-electron chi connectivity index (χ0n) is 12.1. The normalized spacial score (nSPS) is 31.8. The zero-order valence-corrected chi connectivity index (χ0v) is 13.0. The van der Waals surface area contributed by atoms with Crippen LogP contribution in [0.3, 0.4) is 0 Å². The van der Waals surface area contributed by atoms with Crippen molar-refractivity contribution in [3.8, 4) is 0 Å². The third kappa shape index (κ3) is 3.06. The molecule has 3 unspecified atom stereocenters. The molecule has 2 saturated heterocycles. The van der Waals surface area contributed by atoms with E-state index in [-0.39, 0.29) is 5.60 Å². The molecule has 1 N–H and O–H groups in total. The van der Waals surface area contributed by atoms with Crippen LogP contribution in [0.4, 0.5) is 0 Å². The first-order valence-electron chi connectivity index (χ1n) is 7.66. The first-order valence-corrected chi connectivity index (χ1v) is 8.60. The van der Waals surface area contributed by atoms with Crippen molar-refractivity contribution in [1.82, 2.24) is 10.3 Å². The molecular weight excluding hydrogens is 272 g/mol. The van der Waals surface area contributed by atoms with Crippen LogP contribution >= 0.6 is 11.3 Å². The first kappa shape index (κ1) is 14.4. The van der Waals surface area contributed by atoms with Gasteiger partial charge < -0.3 is 14.8 Å². The molecule has 2 aliphatic heterocycles. The molecule has 20 heavy (non-hydrogen) atoms. The number of hydrogen-bond donors (Lipinski definition) is 1. The van der Waals surface area contributed by atoms with Crippen molar-refractivity contribution >= 4 is 11.3 Å². The van der Waals surface area contributed by atoms with E-state index in [1.807, 2.05) is 5.51 Å². The maximum absolute atomic E-state index is 6.06. The molecule has 5 heteroatoms. The smallest absolute Gasteiger partial charge is 0.0940 e. The molecule has 2 fully saturated rings. The maximum atomic E-state index is 6.06. The second-order valence-electron chi connectivity index (χ2n) is 5.93. The molecule has 1 aromatic rings. The Labute approximate surface area is 124 Å². The SMILES string of the molecule is CCCNC(c1cscn1)C1CCOC2(CCOC2)C1. The topological polar surface area (TPSA) is 43.4 Å². The van der Waals surface area contributed by atoms with Gasteiger partial charge in [0, 0.05) is 25.0 Å². The van der Waals surface area contributed by atoms with E-state index in [0.29, 0.717) is 12.0 Å². The lowest BCUT2D eigenvalue weighted by Gasteiger charge is -2.40. The van der Waals surface area contributed by atoms with E-state index >= 15 is 0 Å². The Morgan fingerprint density at radius 3 is 3.20 bits per heavy atom. The molecule has 3 heterocycles. The largest absolute Gasteiger partial charge is 0.378 e. The molecule has 3 atom stereocenters. The van der Waals surface area contributed by atoms with Crippen LogP contribution in [0.5, 0.6) is 0 Å². The van der Waals surface area contributed by atoms with E-state index in [2.05, 4.69) is 22.6 Å². The highest BCUT2D eigenvalue weighted by atomic mass is 32.1. The third-order valence-electron chi connectivity index (χ3n) is 4.45. The lowest BCUT2D eigenvalue weighted by atomic mass is 9.80. The fraction of sp³-hybridized carbons (Fsp3) is 0.800. The van der Waals surface area contributed by atoms with E-state index in [4.69, 9.17) is 9.47 Å². The molecular formula is C15H24N2O2S. The van der Waals surface area contributed by atoms with Gasteiger partial charge in [-0.05, 0) is 31.7 Å². The summed E-state index contributed by atoms with van der Waals surface area (Å²) in [7, 11) is 0. The molecule has 0 aromatic carbocycles. The number of hydrogen-bond acceptors (Lipinski definition) is 5. The summed E-state index contributed by atoms with van der Waals surface area (Å²) in [6.07, 6.45) is 4.39. The number of ether oxygens (including phenoxy) is 2. The van der Waals surface area contributed by atoms with Crippen LogP contribution in [-0.4, -0.2) is 37.0 Å². The molecule has 0 bridgehead atoms. The minimum absolute atomic E-state index is 0.0227. The van der Waals surface area contributed by atoms with Crippen molar-refractivity contribution < 1.29 is 9.47 Å². The van der Waals surface area contributed by atoms with Gasteiger partial charge in [0.05, 0.1) is 29.5 Å². The fourth-order valence-electron chi connectivity index (χ4n) is 3.40. The van der Waals surface area contributed by atoms with Gasteiger partial charge in [-0.1, -0.05) is 6.92 Å². The summed E-state index contributed by atoms with van der Waals surface area (Å²) in [5, 5.41) is 5.88. The fourth-order valence-corrected chi connectivity index (χ4v) is 3.99. The van der Waals surface area contributed by atoms with Gasteiger partial charge in [0.15, 0.2) is 0 Å². The summed E-state index contributed by atoms with van der Waals surface area (Å²) in [6, 6.07) is 0.363.